The highest BCUT2D eigenvalue weighted by molar-refractivity contribution is 7.92. The number of hydrogen-bond acceptors (Lipinski definition) is 5. The summed E-state index contributed by atoms with van der Waals surface area (Å²) in [6, 6.07) is 8.05. The van der Waals surface area contributed by atoms with Gasteiger partial charge in [0.15, 0.2) is 0 Å². The molecule has 0 spiro atoms. The highest BCUT2D eigenvalue weighted by atomic mass is 35.5. The Labute approximate surface area is 147 Å². The number of nitrogens with one attached hydrogen (secondary N) is 2. The Morgan fingerprint density at radius 2 is 1.96 bits per heavy atom. The van der Waals surface area contributed by atoms with Gasteiger partial charge in [-0.15, -0.1) is 12.4 Å². The Balaban J connectivity index is 0.00000288. The Hall–Kier alpha value is -2.03. The van der Waals surface area contributed by atoms with Crippen LogP contribution < -0.4 is 15.8 Å². The van der Waals surface area contributed by atoms with Crippen molar-refractivity contribution in [2.75, 3.05) is 15.8 Å². The maximum atomic E-state index is 12.1. The lowest BCUT2D eigenvalue weighted by atomic mass is 10.2. The number of carbonyl (C=O) groups excluding carboxylic acids is 1. The van der Waals surface area contributed by atoms with Gasteiger partial charge in [-0.25, -0.2) is 8.42 Å². The smallest absolute Gasteiger partial charge is 0.258 e. The van der Waals surface area contributed by atoms with Gasteiger partial charge in [-0.05, 0) is 30.7 Å². The number of hydrogen-bond donors (Lipinski definition) is 3. The molecule has 1 heterocycles. The molecule has 0 unspecified atom stereocenters. The number of nitrogens with two attached hydrogens (primary N) is 1. The van der Waals surface area contributed by atoms with Gasteiger partial charge in [-0.2, -0.15) is 0 Å². The van der Waals surface area contributed by atoms with Crippen molar-refractivity contribution in [2.24, 2.45) is 5.73 Å². The molecule has 1 amide bonds. The SMILES string of the molecule is CCCS(=O)(=O)Nc1cccc(NC(=O)c2coc(CN)c2)c1.Cl. The maximum absolute atomic E-state index is 12.1. The van der Waals surface area contributed by atoms with Gasteiger partial charge in [0.1, 0.15) is 12.0 Å². The predicted octanol–water partition coefficient (Wildman–Crippen LogP) is 2.56. The van der Waals surface area contributed by atoms with Crippen LogP contribution in [-0.2, 0) is 16.6 Å². The Morgan fingerprint density at radius 1 is 1.25 bits per heavy atom. The molecule has 0 radical (unpaired) electrons. The second-order valence-corrected chi connectivity index (χ2v) is 6.80. The van der Waals surface area contributed by atoms with Gasteiger partial charge in [0.05, 0.1) is 23.5 Å². The number of sulfonamides is 1. The molecule has 0 saturated carbocycles. The van der Waals surface area contributed by atoms with Crippen molar-refractivity contribution in [3.63, 3.8) is 0 Å². The minimum atomic E-state index is -3.37. The van der Waals surface area contributed by atoms with Crippen molar-refractivity contribution in [1.29, 1.82) is 0 Å². The molecule has 9 heteroatoms. The van der Waals surface area contributed by atoms with E-state index in [2.05, 4.69) is 10.0 Å². The van der Waals surface area contributed by atoms with Crippen molar-refractivity contribution >= 4 is 39.7 Å². The first kappa shape index (κ1) is 20.0. The standard InChI is InChI=1S/C15H19N3O4S.ClH/c1-2-6-23(20,21)18-13-5-3-4-12(8-13)17-15(19)11-7-14(9-16)22-10-11;/h3-5,7-8,10,18H,2,6,9,16H2,1H3,(H,17,19);1H. The third-order valence-corrected chi connectivity index (χ3v) is 4.48. The Bertz CT molecular complexity index is 790. The molecular weight excluding hydrogens is 354 g/mol. The fourth-order valence-corrected chi connectivity index (χ4v) is 3.10. The first-order valence-corrected chi connectivity index (χ1v) is 8.78. The molecule has 0 aliphatic rings. The third kappa shape index (κ3) is 5.55. The first-order chi connectivity index (χ1) is 10.9. The number of rotatable bonds is 7. The minimum Gasteiger partial charge on any atom is -0.467 e. The third-order valence-electron chi connectivity index (χ3n) is 2.98. The van der Waals surface area contributed by atoms with E-state index in [9.17, 15) is 13.2 Å². The minimum absolute atomic E-state index is 0. The number of carbonyl (C=O) groups is 1. The highest BCUT2D eigenvalue weighted by Crippen LogP contribution is 2.18. The number of furan rings is 1. The van der Waals surface area contributed by atoms with Gasteiger partial charge in [0.25, 0.3) is 5.91 Å². The molecule has 132 valence electrons. The molecule has 0 bridgehead atoms. The lowest BCUT2D eigenvalue weighted by Crippen LogP contribution is -2.16. The fraction of sp³-hybridized carbons (Fsp3) is 0.267. The number of anilines is 2. The summed E-state index contributed by atoms with van der Waals surface area (Å²) in [5.41, 5.74) is 6.65. The van der Waals surface area contributed by atoms with Crippen LogP contribution >= 0.6 is 12.4 Å². The normalized spacial score (nSPS) is 10.8. The molecule has 0 aliphatic heterocycles. The lowest BCUT2D eigenvalue weighted by molar-refractivity contribution is 0.102. The van der Waals surface area contributed by atoms with E-state index in [4.69, 9.17) is 10.2 Å². The summed E-state index contributed by atoms with van der Waals surface area (Å²) < 4.78 is 31.1. The topological polar surface area (TPSA) is 114 Å². The van der Waals surface area contributed by atoms with Crippen LogP contribution in [0.25, 0.3) is 0 Å². The van der Waals surface area contributed by atoms with E-state index in [1.54, 1.807) is 37.3 Å². The maximum Gasteiger partial charge on any atom is 0.258 e. The lowest BCUT2D eigenvalue weighted by Gasteiger charge is -2.09. The van der Waals surface area contributed by atoms with Crippen LogP contribution in [0.15, 0.2) is 41.0 Å². The molecule has 0 atom stereocenters. The van der Waals surface area contributed by atoms with E-state index < -0.39 is 10.0 Å². The molecule has 0 aliphatic carbocycles. The van der Waals surface area contributed by atoms with E-state index in [1.165, 1.54) is 6.26 Å². The zero-order chi connectivity index (χ0) is 16.9. The number of halogens is 1. The molecule has 7 nitrogen and oxygen atoms in total. The molecule has 24 heavy (non-hydrogen) atoms. The second kappa shape index (κ2) is 8.72. The van der Waals surface area contributed by atoms with Crippen LogP contribution in [0.5, 0.6) is 0 Å². The number of benzene rings is 1. The van der Waals surface area contributed by atoms with E-state index in [1.807, 2.05) is 0 Å². The van der Waals surface area contributed by atoms with E-state index in [0.29, 0.717) is 29.1 Å². The molecule has 0 fully saturated rings. The zero-order valence-corrected chi connectivity index (χ0v) is 14.7. The van der Waals surface area contributed by atoms with Crippen LogP contribution in [0.2, 0.25) is 0 Å². The summed E-state index contributed by atoms with van der Waals surface area (Å²) in [5.74, 6) is 0.193. The van der Waals surface area contributed by atoms with Crippen molar-refractivity contribution < 1.29 is 17.6 Å². The Kier molecular flexibility index (Phi) is 7.27. The Morgan fingerprint density at radius 3 is 2.58 bits per heavy atom. The van der Waals surface area contributed by atoms with E-state index in [-0.39, 0.29) is 30.6 Å². The van der Waals surface area contributed by atoms with Crippen LogP contribution in [0.4, 0.5) is 11.4 Å². The van der Waals surface area contributed by atoms with Gasteiger partial charge >= 0.3 is 0 Å². The second-order valence-electron chi connectivity index (χ2n) is 4.96. The summed E-state index contributed by atoms with van der Waals surface area (Å²) in [5, 5.41) is 2.68. The summed E-state index contributed by atoms with van der Waals surface area (Å²) >= 11 is 0. The van der Waals surface area contributed by atoms with Crippen molar-refractivity contribution in [1.82, 2.24) is 0 Å². The largest absolute Gasteiger partial charge is 0.467 e. The number of amides is 1. The van der Waals surface area contributed by atoms with Crippen molar-refractivity contribution in [2.45, 2.75) is 19.9 Å². The van der Waals surface area contributed by atoms with Gasteiger partial charge in [0, 0.05) is 5.69 Å². The van der Waals surface area contributed by atoms with Gasteiger partial charge in [-0.1, -0.05) is 13.0 Å². The van der Waals surface area contributed by atoms with Crippen LogP contribution in [0, 0.1) is 0 Å². The van der Waals surface area contributed by atoms with Crippen molar-refractivity contribution in [3.05, 3.63) is 47.9 Å². The molecule has 2 rings (SSSR count). The first-order valence-electron chi connectivity index (χ1n) is 7.13. The molecule has 1 aromatic carbocycles. The summed E-state index contributed by atoms with van der Waals surface area (Å²) in [6.07, 6.45) is 1.85. The molecule has 1 aromatic heterocycles. The summed E-state index contributed by atoms with van der Waals surface area (Å²) in [7, 11) is -3.37. The van der Waals surface area contributed by atoms with E-state index >= 15 is 0 Å². The fourth-order valence-electron chi connectivity index (χ4n) is 1.97. The van der Waals surface area contributed by atoms with Crippen LogP contribution in [-0.4, -0.2) is 20.1 Å². The van der Waals surface area contributed by atoms with Gasteiger partial charge in [-0.3, -0.25) is 9.52 Å². The van der Waals surface area contributed by atoms with Gasteiger partial charge in [0.2, 0.25) is 10.0 Å². The zero-order valence-electron chi connectivity index (χ0n) is 13.1. The predicted molar refractivity (Wildman–Crippen MR) is 95.9 cm³/mol. The summed E-state index contributed by atoms with van der Waals surface area (Å²) in [6.45, 7) is 2.00. The van der Waals surface area contributed by atoms with Crippen LogP contribution in [0.1, 0.15) is 29.5 Å². The van der Waals surface area contributed by atoms with Gasteiger partial charge < -0.3 is 15.5 Å². The molecule has 4 N–H and O–H groups in total. The average Bonchev–Trinajstić information content (AvgIpc) is 2.96. The van der Waals surface area contributed by atoms with Crippen LogP contribution in [0.3, 0.4) is 0 Å². The molecular formula is C15H20ClN3O4S. The highest BCUT2D eigenvalue weighted by Gasteiger charge is 2.12. The molecule has 0 saturated heterocycles. The quantitative estimate of drug-likeness (QED) is 0.690. The average molecular weight is 374 g/mol. The monoisotopic (exact) mass is 373 g/mol. The van der Waals surface area contributed by atoms with Crippen molar-refractivity contribution in [3.8, 4) is 0 Å². The van der Waals surface area contributed by atoms with E-state index in [0.717, 1.165) is 0 Å². The molecule has 2 aromatic rings. The summed E-state index contributed by atoms with van der Waals surface area (Å²) in [4.78, 5) is 12.1.